The topological polar surface area (TPSA) is 85.3 Å². The van der Waals surface area contributed by atoms with Crippen molar-refractivity contribution in [3.8, 4) is 15.6 Å². The standard InChI is InChI=1S/C23H26N4O3S2/c1-32(28,29)20-6-4-18(5-7-20)21-14-26-23(31-21)30-15-16-8-10-27(11-9-16)22-24-12-19(13-25-22)17-2-3-17/h4-7,12-14,16-17H,2-3,8-11,15H2,1H3. The van der Waals surface area contributed by atoms with Gasteiger partial charge in [-0.3, -0.25) is 0 Å². The van der Waals surface area contributed by atoms with E-state index in [1.54, 1.807) is 18.3 Å². The molecule has 1 aliphatic carbocycles. The van der Waals surface area contributed by atoms with Crippen LogP contribution in [-0.2, 0) is 9.84 Å². The minimum Gasteiger partial charge on any atom is -0.470 e. The second-order valence-electron chi connectivity index (χ2n) is 8.62. The lowest BCUT2D eigenvalue weighted by atomic mass is 9.98. The fraction of sp³-hybridized carbons (Fsp3) is 0.435. The number of sulfone groups is 1. The Labute approximate surface area is 192 Å². The summed E-state index contributed by atoms with van der Waals surface area (Å²) in [5.41, 5.74) is 2.21. The van der Waals surface area contributed by atoms with Crippen molar-refractivity contribution in [2.45, 2.75) is 36.5 Å². The number of hydrogen-bond donors (Lipinski definition) is 0. The third-order valence-electron chi connectivity index (χ3n) is 6.10. The molecule has 5 rings (SSSR count). The van der Waals surface area contributed by atoms with Gasteiger partial charge in [0.05, 0.1) is 16.4 Å². The molecule has 3 aromatic rings. The zero-order valence-electron chi connectivity index (χ0n) is 18.0. The van der Waals surface area contributed by atoms with E-state index in [2.05, 4.69) is 19.9 Å². The second-order valence-corrected chi connectivity index (χ2v) is 11.6. The molecule has 7 nitrogen and oxygen atoms in total. The van der Waals surface area contributed by atoms with Crippen LogP contribution in [0.3, 0.4) is 0 Å². The van der Waals surface area contributed by atoms with Gasteiger partial charge >= 0.3 is 0 Å². The first-order chi connectivity index (χ1) is 15.5. The number of nitrogens with zero attached hydrogens (tertiary/aromatic N) is 4. The van der Waals surface area contributed by atoms with E-state index in [-0.39, 0.29) is 0 Å². The van der Waals surface area contributed by atoms with E-state index in [0.29, 0.717) is 28.5 Å². The lowest BCUT2D eigenvalue weighted by Gasteiger charge is -2.31. The van der Waals surface area contributed by atoms with E-state index in [4.69, 9.17) is 4.74 Å². The summed E-state index contributed by atoms with van der Waals surface area (Å²) in [5, 5.41) is 0.647. The predicted molar refractivity (Wildman–Crippen MR) is 125 cm³/mol. The van der Waals surface area contributed by atoms with Gasteiger partial charge in [0.25, 0.3) is 5.19 Å². The molecule has 1 saturated carbocycles. The van der Waals surface area contributed by atoms with Gasteiger partial charge in [-0.1, -0.05) is 23.5 Å². The van der Waals surface area contributed by atoms with Gasteiger partial charge in [-0.25, -0.2) is 23.4 Å². The van der Waals surface area contributed by atoms with Crippen LogP contribution in [0.15, 0.2) is 47.8 Å². The zero-order chi connectivity index (χ0) is 22.1. The van der Waals surface area contributed by atoms with Crippen LogP contribution >= 0.6 is 11.3 Å². The van der Waals surface area contributed by atoms with E-state index in [9.17, 15) is 8.42 Å². The molecule has 0 bridgehead atoms. The molecular formula is C23H26N4O3S2. The molecule has 168 valence electrons. The Balaban J connectivity index is 1.12. The highest BCUT2D eigenvalue weighted by molar-refractivity contribution is 7.90. The number of ether oxygens (including phenoxy) is 1. The highest BCUT2D eigenvalue weighted by atomic mass is 32.2. The average Bonchev–Trinajstić information content (AvgIpc) is 3.55. The van der Waals surface area contributed by atoms with Crippen molar-refractivity contribution in [2.75, 3.05) is 30.9 Å². The first-order valence-electron chi connectivity index (χ1n) is 10.9. The van der Waals surface area contributed by atoms with Gasteiger partial charge in [0, 0.05) is 37.9 Å². The number of thiazole rings is 1. The largest absolute Gasteiger partial charge is 0.470 e. The van der Waals surface area contributed by atoms with Crippen molar-refractivity contribution in [3.05, 3.63) is 48.4 Å². The molecule has 0 N–H and O–H groups in total. The first kappa shape index (κ1) is 21.3. The molecule has 0 spiro atoms. The van der Waals surface area contributed by atoms with E-state index < -0.39 is 9.84 Å². The molecule has 0 amide bonds. The van der Waals surface area contributed by atoms with Gasteiger partial charge in [-0.05, 0) is 60.8 Å². The van der Waals surface area contributed by atoms with Crippen LogP contribution < -0.4 is 9.64 Å². The van der Waals surface area contributed by atoms with Crippen molar-refractivity contribution < 1.29 is 13.2 Å². The summed E-state index contributed by atoms with van der Waals surface area (Å²) in [6.45, 7) is 2.52. The number of aromatic nitrogens is 3. The Kier molecular flexibility index (Phi) is 5.86. The molecule has 0 atom stereocenters. The number of rotatable bonds is 7. The van der Waals surface area contributed by atoms with Crippen LogP contribution in [0, 0.1) is 5.92 Å². The van der Waals surface area contributed by atoms with Gasteiger partial charge < -0.3 is 9.64 Å². The Hall–Kier alpha value is -2.52. The van der Waals surface area contributed by atoms with Gasteiger partial charge in [0.15, 0.2) is 9.84 Å². The number of anilines is 1. The van der Waals surface area contributed by atoms with Crippen LogP contribution in [0.25, 0.3) is 10.4 Å². The smallest absolute Gasteiger partial charge is 0.273 e. The fourth-order valence-corrected chi connectivity index (χ4v) is 5.35. The second kappa shape index (κ2) is 8.78. The number of hydrogen-bond acceptors (Lipinski definition) is 8. The molecule has 1 aliphatic heterocycles. The highest BCUT2D eigenvalue weighted by Crippen LogP contribution is 2.39. The first-order valence-corrected chi connectivity index (χ1v) is 13.6. The third-order valence-corrected chi connectivity index (χ3v) is 8.19. The summed E-state index contributed by atoms with van der Waals surface area (Å²) < 4.78 is 29.2. The Morgan fingerprint density at radius 2 is 1.69 bits per heavy atom. The summed E-state index contributed by atoms with van der Waals surface area (Å²) in [6.07, 6.45) is 11.6. The van der Waals surface area contributed by atoms with Crippen LogP contribution in [0.1, 0.15) is 37.2 Å². The quantitative estimate of drug-likeness (QED) is 0.512. The maximum atomic E-state index is 11.6. The Bertz CT molecular complexity index is 1160. The molecular weight excluding hydrogens is 444 g/mol. The van der Waals surface area contributed by atoms with Crippen molar-refractivity contribution in [3.63, 3.8) is 0 Å². The average molecular weight is 471 g/mol. The maximum absolute atomic E-state index is 11.6. The van der Waals surface area contributed by atoms with Crippen LogP contribution in [-0.4, -0.2) is 49.3 Å². The van der Waals surface area contributed by atoms with Crippen LogP contribution in [0.4, 0.5) is 5.95 Å². The Morgan fingerprint density at radius 3 is 2.31 bits per heavy atom. The van der Waals surface area contributed by atoms with Crippen LogP contribution in [0.5, 0.6) is 5.19 Å². The van der Waals surface area contributed by atoms with Crippen molar-refractivity contribution >= 4 is 27.1 Å². The van der Waals surface area contributed by atoms with Crippen molar-refractivity contribution in [1.82, 2.24) is 15.0 Å². The SMILES string of the molecule is CS(=O)(=O)c1ccc(-c2cnc(OCC3CCN(c4ncc(C5CC5)cn4)CC3)s2)cc1. The predicted octanol–water partition coefficient (Wildman–Crippen LogP) is 4.18. The van der Waals surface area contributed by atoms with Gasteiger partial charge in [-0.15, -0.1) is 0 Å². The van der Waals surface area contributed by atoms with Gasteiger partial charge in [0.1, 0.15) is 0 Å². The normalized spacial score (nSPS) is 17.5. The third kappa shape index (κ3) is 4.94. The van der Waals surface area contributed by atoms with Crippen molar-refractivity contribution in [1.29, 1.82) is 0 Å². The number of benzene rings is 1. The maximum Gasteiger partial charge on any atom is 0.273 e. The molecule has 3 heterocycles. The Morgan fingerprint density at radius 1 is 1.00 bits per heavy atom. The minimum absolute atomic E-state index is 0.317. The molecule has 2 fully saturated rings. The van der Waals surface area contributed by atoms with Crippen molar-refractivity contribution in [2.24, 2.45) is 5.92 Å². The van der Waals surface area contributed by atoms with Gasteiger partial charge in [-0.2, -0.15) is 0 Å². The molecule has 0 unspecified atom stereocenters. The molecule has 9 heteroatoms. The summed E-state index contributed by atoms with van der Waals surface area (Å²) >= 11 is 1.48. The lowest BCUT2D eigenvalue weighted by molar-refractivity contribution is 0.221. The zero-order valence-corrected chi connectivity index (χ0v) is 19.6. The fourth-order valence-electron chi connectivity index (χ4n) is 3.94. The molecule has 0 radical (unpaired) electrons. The van der Waals surface area contributed by atoms with E-state index in [1.807, 2.05) is 24.5 Å². The highest BCUT2D eigenvalue weighted by Gasteiger charge is 2.25. The lowest BCUT2D eigenvalue weighted by Crippen LogP contribution is -2.36. The summed E-state index contributed by atoms with van der Waals surface area (Å²) in [5.74, 6) is 2.00. The summed E-state index contributed by atoms with van der Waals surface area (Å²) in [4.78, 5) is 17.1. The summed E-state index contributed by atoms with van der Waals surface area (Å²) in [6, 6.07) is 6.87. The van der Waals surface area contributed by atoms with E-state index in [0.717, 1.165) is 42.3 Å². The molecule has 1 aromatic carbocycles. The van der Waals surface area contributed by atoms with E-state index in [1.165, 1.54) is 36.0 Å². The molecule has 32 heavy (non-hydrogen) atoms. The molecule has 2 aliphatic rings. The number of piperidine rings is 1. The van der Waals surface area contributed by atoms with Gasteiger partial charge in [0.2, 0.25) is 5.95 Å². The summed E-state index contributed by atoms with van der Waals surface area (Å²) in [7, 11) is -3.19. The minimum atomic E-state index is -3.19. The van der Waals surface area contributed by atoms with Crippen LogP contribution in [0.2, 0.25) is 0 Å². The molecule has 2 aromatic heterocycles. The molecule has 1 saturated heterocycles. The monoisotopic (exact) mass is 470 g/mol. The van der Waals surface area contributed by atoms with E-state index >= 15 is 0 Å².